The van der Waals surface area contributed by atoms with Crippen LogP contribution in [0.15, 0.2) is 30.5 Å². The van der Waals surface area contributed by atoms with E-state index in [4.69, 9.17) is 11.6 Å². The van der Waals surface area contributed by atoms with Gasteiger partial charge in [0.25, 0.3) is 0 Å². The quantitative estimate of drug-likeness (QED) is 0.887. The highest BCUT2D eigenvalue weighted by molar-refractivity contribution is 6.31. The summed E-state index contributed by atoms with van der Waals surface area (Å²) in [6.07, 6.45) is 7.54. The van der Waals surface area contributed by atoms with Crippen LogP contribution in [0.1, 0.15) is 25.7 Å². The zero-order valence-corrected chi connectivity index (χ0v) is 11.6. The summed E-state index contributed by atoms with van der Waals surface area (Å²) in [6, 6.07) is 7.99. The van der Waals surface area contributed by atoms with Crippen molar-refractivity contribution >= 4 is 28.2 Å². The normalized spacial score (nSPS) is 20.5. The Labute approximate surface area is 118 Å². The first kappa shape index (κ1) is 11.5. The Bertz CT molecular complexity index is 630. The Morgan fingerprint density at radius 1 is 1.26 bits per heavy atom. The molecule has 3 heteroatoms. The van der Waals surface area contributed by atoms with E-state index < -0.39 is 0 Å². The molecule has 0 atom stereocenters. The molecule has 0 bridgehead atoms. The van der Waals surface area contributed by atoms with Gasteiger partial charge in [-0.25, -0.2) is 0 Å². The molecular formula is C16H17ClN2. The van der Waals surface area contributed by atoms with Crippen molar-refractivity contribution in [2.24, 2.45) is 11.3 Å². The van der Waals surface area contributed by atoms with Gasteiger partial charge in [0.05, 0.1) is 5.52 Å². The maximum atomic E-state index is 6.02. The van der Waals surface area contributed by atoms with Crippen LogP contribution in [0.3, 0.4) is 0 Å². The van der Waals surface area contributed by atoms with Gasteiger partial charge in [0.1, 0.15) is 0 Å². The van der Waals surface area contributed by atoms with Gasteiger partial charge in [0, 0.05) is 28.8 Å². The number of aromatic nitrogens is 1. The van der Waals surface area contributed by atoms with Gasteiger partial charge in [-0.3, -0.25) is 4.98 Å². The lowest BCUT2D eigenvalue weighted by molar-refractivity contribution is 0.467. The maximum Gasteiger partial charge on any atom is 0.0737 e. The molecule has 0 saturated heterocycles. The first-order chi connectivity index (χ1) is 9.27. The van der Waals surface area contributed by atoms with Crippen LogP contribution in [-0.4, -0.2) is 11.5 Å². The summed E-state index contributed by atoms with van der Waals surface area (Å²) in [5, 5.41) is 5.56. The van der Waals surface area contributed by atoms with E-state index >= 15 is 0 Å². The Balaban J connectivity index is 1.60. The second-order valence-corrected chi connectivity index (χ2v) is 6.45. The summed E-state index contributed by atoms with van der Waals surface area (Å²) in [5.41, 5.74) is 2.77. The third-order valence-corrected chi connectivity index (χ3v) is 4.91. The predicted molar refractivity (Wildman–Crippen MR) is 79.6 cm³/mol. The molecule has 2 fully saturated rings. The van der Waals surface area contributed by atoms with Gasteiger partial charge in [0.2, 0.25) is 0 Å². The highest BCUT2D eigenvalue weighted by atomic mass is 35.5. The third-order valence-electron chi connectivity index (χ3n) is 4.67. The molecule has 0 radical (unpaired) electrons. The highest BCUT2D eigenvalue weighted by Gasteiger charge is 2.53. The zero-order valence-electron chi connectivity index (χ0n) is 10.8. The number of nitrogens with zero attached hydrogens (tertiary/aromatic N) is 1. The van der Waals surface area contributed by atoms with Crippen LogP contribution in [0.4, 0.5) is 5.69 Å². The fraction of sp³-hybridized carbons (Fsp3) is 0.438. The van der Waals surface area contributed by atoms with Crippen LogP contribution in [0.25, 0.3) is 10.9 Å². The largest absolute Gasteiger partial charge is 0.384 e. The van der Waals surface area contributed by atoms with E-state index in [0.29, 0.717) is 5.41 Å². The van der Waals surface area contributed by atoms with Crippen LogP contribution < -0.4 is 5.32 Å². The van der Waals surface area contributed by atoms with E-state index in [1.54, 1.807) is 0 Å². The van der Waals surface area contributed by atoms with Gasteiger partial charge in [-0.2, -0.15) is 0 Å². The summed E-state index contributed by atoms with van der Waals surface area (Å²) in [7, 11) is 0. The number of nitrogens with one attached hydrogen (secondary N) is 1. The average molecular weight is 273 g/mol. The third kappa shape index (κ3) is 2.08. The van der Waals surface area contributed by atoms with Gasteiger partial charge >= 0.3 is 0 Å². The molecule has 0 unspecified atom stereocenters. The number of fused-ring (bicyclic) bond motifs is 1. The molecule has 0 amide bonds. The Morgan fingerprint density at radius 3 is 2.84 bits per heavy atom. The minimum absolute atomic E-state index is 0.613. The van der Waals surface area contributed by atoms with Crippen molar-refractivity contribution in [3.05, 3.63) is 35.5 Å². The molecule has 98 valence electrons. The first-order valence-electron chi connectivity index (χ1n) is 7.05. The summed E-state index contributed by atoms with van der Waals surface area (Å²) in [6.45, 7) is 1.11. The van der Waals surface area contributed by atoms with Crippen molar-refractivity contribution in [1.29, 1.82) is 0 Å². The summed E-state index contributed by atoms with van der Waals surface area (Å²) in [4.78, 5) is 4.39. The Hall–Kier alpha value is -1.28. The molecule has 1 aromatic heterocycles. The van der Waals surface area contributed by atoms with Gasteiger partial charge in [-0.05, 0) is 61.3 Å². The van der Waals surface area contributed by atoms with E-state index in [1.807, 2.05) is 18.3 Å². The van der Waals surface area contributed by atoms with E-state index in [0.717, 1.165) is 23.0 Å². The fourth-order valence-electron chi connectivity index (χ4n) is 3.13. The standard InChI is InChI=1S/C16H17ClN2/c17-12-3-4-13-14(5-8-18-15(13)9-12)19-10-16(6-7-16)11-1-2-11/h3-5,8-9,11H,1-2,6-7,10H2,(H,18,19). The van der Waals surface area contributed by atoms with Gasteiger partial charge in [0.15, 0.2) is 0 Å². The van der Waals surface area contributed by atoms with Gasteiger partial charge in [-0.1, -0.05) is 11.6 Å². The predicted octanol–water partition coefficient (Wildman–Crippen LogP) is 4.49. The molecule has 1 aromatic carbocycles. The average Bonchev–Trinajstić information content (AvgIpc) is 3.27. The van der Waals surface area contributed by atoms with Crippen molar-refractivity contribution in [1.82, 2.24) is 4.98 Å². The van der Waals surface area contributed by atoms with E-state index in [1.165, 1.54) is 36.8 Å². The SMILES string of the molecule is Clc1ccc2c(NCC3(C4CC4)CC3)ccnc2c1. The van der Waals surface area contributed by atoms with E-state index in [9.17, 15) is 0 Å². The summed E-state index contributed by atoms with van der Waals surface area (Å²) in [5.74, 6) is 0.988. The van der Waals surface area contributed by atoms with Crippen molar-refractivity contribution in [2.75, 3.05) is 11.9 Å². The van der Waals surface area contributed by atoms with Crippen LogP contribution in [0, 0.1) is 11.3 Å². The van der Waals surface area contributed by atoms with Crippen LogP contribution in [0.5, 0.6) is 0 Å². The number of rotatable bonds is 4. The molecule has 0 spiro atoms. The molecule has 2 aliphatic carbocycles. The van der Waals surface area contributed by atoms with E-state index in [-0.39, 0.29) is 0 Å². The van der Waals surface area contributed by atoms with Crippen LogP contribution >= 0.6 is 11.6 Å². The molecule has 0 aliphatic heterocycles. The number of pyridine rings is 1. The van der Waals surface area contributed by atoms with E-state index in [2.05, 4.69) is 22.4 Å². The molecule has 1 heterocycles. The number of halogens is 1. The second kappa shape index (κ2) is 4.11. The summed E-state index contributed by atoms with van der Waals surface area (Å²) < 4.78 is 0. The molecule has 2 nitrogen and oxygen atoms in total. The fourth-order valence-corrected chi connectivity index (χ4v) is 3.30. The zero-order chi connectivity index (χ0) is 12.9. The van der Waals surface area contributed by atoms with Crippen LogP contribution in [-0.2, 0) is 0 Å². The van der Waals surface area contributed by atoms with Crippen molar-refractivity contribution in [3.8, 4) is 0 Å². The molecule has 2 saturated carbocycles. The molecule has 19 heavy (non-hydrogen) atoms. The minimum Gasteiger partial charge on any atom is -0.384 e. The lowest BCUT2D eigenvalue weighted by atomic mass is 10.0. The molecule has 4 rings (SSSR count). The second-order valence-electron chi connectivity index (χ2n) is 6.01. The Kier molecular flexibility index (Phi) is 2.49. The number of benzene rings is 1. The smallest absolute Gasteiger partial charge is 0.0737 e. The minimum atomic E-state index is 0.613. The molecule has 2 aromatic rings. The number of anilines is 1. The topological polar surface area (TPSA) is 24.9 Å². The molecular weight excluding hydrogens is 256 g/mol. The molecule has 1 N–H and O–H groups in total. The number of hydrogen-bond donors (Lipinski definition) is 1. The molecule has 2 aliphatic rings. The van der Waals surface area contributed by atoms with Crippen molar-refractivity contribution < 1.29 is 0 Å². The number of hydrogen-bond acceptors (Lipinski definition) is 2. The van der Waals surface area contributed by atoms with Crippen LogP contribution in [0.2, 0.25) is 5.02 Å². The lowest BCUT2D eigenvalue weighted by Gasteiger charge is -2.17. The van der Waals surface area contributed by atoms with Gasteiger partial charge < -0.3 is 5.32 Å². The first-order valence-corrected chi connectivity index (χ1v) is 7.43. The van der Waals surface area contributed by atoms with Crippen molar-refractivity contribution in [3.63, 3.8) is 0 Å². The lowest BCUT2D eigenvalue weighted by Crippen LogP contribution is -2.17. The Morgan fingerprint density at radius 2 is 2.11 bits per heavy atom. The highest BCUT2D eigenvalue weighted by Crippen LogP contribution is 2.61. The maximum absolute atomic E-state index is 6.02. The van der Waals surface area contributed by atoms with Crippen molar-refractivity contribution in [2.45, 2.75) is 25.7 Å². The van der Waals surface area contributed by atoms with Gasteiger partial charge in [-0.15, -0.1) is 0 Å². The summed E-state index contributed by atoms with van der Waals surface area (Å²) >= 11 is 6.02. The monoisotopic (exact) mass is 272 g/mol.